The van der Waals surface area contributed by atoms with Crippen LogP contribution in [0.15, 0.2) is 64.1 Å². The summed E-state index contributed by atoms with van der Waals surface area (Å²) in [5, 5.41) is 0.916. The summed E-state index contributed by atoms with van der Waals surface area (Å²) >= 11 is 0. The highest BCUT2D eigenvalue weighted by Crippen LogP contribution is 2.19. The van der Waals surface area contributed by atoms with Crippen molar-refractivity contribution in [2.75, 3.05) is 0 Å². The minimum atomic E-state index is -0.216. The Kier molecular flexibility index (Phi) is 3.44. The van der Waals surface area contributed by atoms with E-state index in [-0.39, 0.29) is 11.9 Å². The van der Waals surface area contributed by atoms with Gasteiger partial charge in [0.25, 0.3) is 5.91 Å². The Hall–Kier alpha value is -2.62. The number of furan rings is 1. The van der Waals surface area contributed by atoms with Gasteiger partial charge in [-0.2, -0.15) is 0 Å². The van der Waals surface area contributed by atoms with Gasteiger partial charge in [0.1, 0.15) is 11.1 Å². The topological polar surface area (TPSA) is 47.5 Å². The highest BCUT2D eigenvalue weighted by atomic mass is 16.3. The monoisotopic (exact) mass is 280 g/mol. The van der Waals surface area contributed by atoms with E-state index in [0.717, 1.165) is 5.39 Å². The van der Waals surface area contributed by atoms with Crippen LogP contribution in [0.2, 0.25) is 0 Å². The number of aromatic nitrogens is 1. The molecule has 0 amide bonds. The number of benzene rings is 1. The quantitative estimate of drug-likeness (QED) is 0.723. The average Bonchev–Trinajstić information content (AvgIpc) is 2.90. The lowest BCUT2D eigenvalue weighted by Gasteiger charge is -2.04. The molecule has 0 aliphatic heterocycles. The first-order chi connectivity index (χ1) is 10.1. The van der Waals surface area contributed by atoms with E-state index in [1.807, 2.05) is 50.2 Å². The lowest BCUT2D eigenvalue weighted by atomic mass is 10.2. The van der Waals surface area contributed by atoms with Gasteiger partial charge in [0.05, 0.1) is 0 Å². The van der Waals surface area contributed by atoms with Crippen molar-refractivity contribution in [1.82, 2.24) is 4.57 Å². The van der Waals surface area contributed by atoms with Crippen LogP contribution >= 0.6 is 0 Å². The van der Waals surface area contributed by atoms with Gasteiger partial charge in [-0.15, -0.1) is 0 Å². The van der Waals surface area contributed by atoms with Gasteiger partial charge in [-0.1, -0.05) is 24.3 Å². The summed E-state index contributed by atoms with van der Waals surface area (Å²) in [5.74, 6) is 0.0961. The molecule has 0 saturated carbocycles. The standard InChI is InChI=1S/C17H16N2O2/c1-12(2)18-16-9-5-6-10-19(16)17(20)15-11-13-7-3-4-8-14(13)21-15/h3-12H,1-2H3. The van der Waals surface area contributed by atoms with Crippen LogP contribution in [-0.4, -0.2) is 16.5 Å². The van der Waals surface area contributed by atoms with Crippen LogP contribution < -0.4 is 5.49 Å². The summed E-state index contributed by atoms with van der Waals surface area (Å²) in [6.45, 7) is 3.95. The van der Waals surface area contributed by atoms with Gasteiger partial charge < -0.3 is 4.42 Å². The zero-order chi connectivity index (χ0) is 14.8. The number of hydrogen-bond acceptors (Lipinski definition) is 3. The number of hydrogen-bond donors (Lipinski definition) is 0. The molecule has 4 heteroatoms. The molecule has 0 bridgehead atoms. The predicted molar refractivity (Wildman–Crippen MR) is 81.1 cm³/mol. The number of pyridine rings is 1. The fourth-order valence-electron chi connectivity index (χ4n) is 2.18. The van der Waals surface area contributed by atoms with E-state index in [1.54, 1.807) is 18.3 Å². The highest BCUT2D eigenvalue weighted by molar-refractivity contribution is 5.97. The molecule has 0 radical (unpaired) electrons. The zero-order valence-electron chi connectivity index (χ0n) is 12.0. The first kappa shape index (κ1) is 13.4. The fourth-order valence-corrected chi connectivity index (χ4v) is 2.18. The molecular formula is C17H16N2O2. The minimum Gasteiger partial charge on any atom is -0.451 e. The Morgan fingerprint density at radius 1 is 1.14 bits per heavy atom. The molecule has 0 N–H and O–H groups in total. The molecule has 0 atom stereocenters. The highest BCUT2D eigenvalue weighted by Gasteiger charge is 2.14. The second-order valence-corrected chi connectivity index (χ2v) is 5.11. The van der Waals surface area contributed by atoms with Gasteiger partial charge >= 0.3 is 0 Å². The van der Waals surface area contributed by atoms with Crippen molar-refractivity contribution in [3.8, 4) is 0 Å². The molecule has 0 fully saturated rings. The second kappa shape index (κ2) is 5.40. The van der Waals surface area contributed by atoms with Crippen LogP contribution in [0.4, 0.5) is 0 Å². The Balaban J connectivity index is 2.10. The predicted octanol–water partition coefficient (Wildman–Crippen LogP) is 3.23. The molecule has 106 valence electrons. The minimum absolute atomic E-state index is 0.113. The maximum absolute atomic E-state index is 12.6. The largest absolute Gasteiger partial charge is 0.451 e. The van der Waals surface area contributed by atoms with Gasteiger partial charge in [-0.05, 0) is 38.1 Å². The van der Waals surface area contributed by atoms with Gasteiger partial charge in [0.2, 0.25) is 0 Å². The van der Waals surface area contributed by atoms with Gasteiger partial charge in [-0.25, -0.2) is 0 Å². The molecular weight excluding hydrogens is 264 g/mol. The molecule has 4 nitrogen and oxygen atoms in total. The third-order valence-corrected chi connectivity index (χ3v) is 3.08. The van der Waals surface area contributed by atoms with Gasteiger partial charge in [-0.3, -0.25) is 14.4 Å². The van der Waals surface area contributed by atoms with E-state index in [9.17, 15) is 4.79 Å². The lowest BCUT2D eigenvalue weighted by molar-refractivity contribution is 0.0929. The molecule has 2 heterocycles. The number of para-hydroxylation sites is 1. The summed E-state index contributed by atoms with van der Waals surface area (Å²) in [6, 6.07) is 14.9. The van der Waals surface area contributed by atoms with Crippen molar-refractivity contribution in [1.29, 1.82) is 0 Å². The summed E-state index contributed by atoms with van der Waals surface area (Å²) < 4.78 is 7.14. The van der Waals surface area contributed by atoms with Crippen molar-refractivity contribution in [2.24, 2.45) is 4.99 Å². The molecule has 0 aliphatic rings. The number of rotatable bonds is 2. The fraction of sp³-hybridized carbons (Fsp3) is 0.176. The van der Waals surface area contributed by atoms with E-state index < -0.39 is 0 Å². The molecule has 0 saturated heterocycles. The molecule has 0 aliphatic carbocycles. The zero-order valence-corrected chi connectivity index (χ0v) is 12.0. The van der Waals surface area contributed by atoms with Crippen LogP contribution in [0.5, 0.6) is 0 Å². The average molecular weight is 280 g/mol. The number of carbonyl (C=O) groups is 1. The third-order valence-electron chi connectivity index (χ3n) is 3.08. The van der Waals surface area contributed by atoms with Crippen LogP contribution in [0.1, 0.15) is 24.4 Å². The van der Waals surface area contributed by atoms with E-state index in [1.165, 1.54) is 4.57 Å². The van der Waals surface area contributed by atoms with Gasteiger partial charge in [0.15, 0.2) is 5.76 Å². The van der Waals surface area contributed by atoms with Crippen LogP contribution in [0.3, 0.4) is 0 Å². The van der Waals surface area contributed by atoms with Crippen LogP contribution in [-0.2, 0) is 0 Å². The third kappa shape index (κ3) is 2.65. The Bertz CT molecular complexity index is 823. The maximum atomic E-state index is 12.6. The molecule has 21 heavy (non-hydrogen) atoms. The van der Waals surface area contributed by atoms with Crippen molar-refractivity contribution in [3.05, 3.63) is 66.0 Å². The Morgan fingerprint density at radius 3 is 2.67 bits per heavy atom. The van der Waals surface area contributed by atoms with E-state index in [0.29, 0.717) is 16.8 Å². The van der Waals surface area contributed by atoms with Gasteiger partial charge in [0, 0.05) is 17.6 Å². The summed E-state index contributed by atoms with van der Waals surface area (Å²) in [6.07, 6.45) is 1.71. The summed E-state index contributed by atoms with van der Waals surface area (Å²) in [7, 11) is 0. The van der Waals surface area contributed by atoms with Crippen molar-refractivity contribution < 1.29 is 9.21 Å². The van der Waals surface area contributed by atoms with Crippen LogP contribution in [0, 0.1) is 0 Å². The van der Waals surface area contributed by atoms with E-state index in [2.05, 4.69) is 4.99 Å². The Morgan fingerprint density at radius 2 is 1.90 bits per heavy atom. The van der Waals surface area contributed by atoms with Crippen molar-refractivity contribution in [2.45, 2.75) is 19.9 Å². The Labute approximate surface area is 122 Å². The maximum Gasteiger partial charge on any atom is 0.299 e. The number of nitrogens with zero attached hydrogens (tertiary/aromatic N) is 2. The molecule has 3 aromatic rings. The summed E-state index contributed by atoms with van der Waals surface area (Å²) in [5.41, 5.74) is 1.33. The molecule has 1 aromatic carbocycles. The smallest absolute Gasteiger partial charge is 0.299 e. The first-order valence-corrected chi connectivity index (χ1v) is 6.90. The number of carbonyl (C=O) groups excluding carboxylic acids is 1. The first-order valence-electron chi connectivity index (χ1n) is 6.90. The van der Waals surface area contributed by atoms with E-state index >= 15 is 0 Å². The SMILES string of the molecule is CC(C)N=c1ccccn1C(=O)c1cc2ccccc2o1. The van der Waals surface area contributed by atoms with Crippen molar-refractivity contribution in [3.63, 3.8) is 0 Å². The van der Waals surface area contributed by atoms with Crippen LogP contribution in [0.25, 0.3) is 11.0 Å². The molecule has 3 rings (SSSR count). The normalized spacial score (nSPS) is 12.2. The van der Waals surface area contributed by atoms with E-state index in [4.69, 9.17) is 4.42 Å². The summed E-state index contributed by atoms with van der Waals surface area (Å²) in [4.78, 5) is 17.1. The number of fused-ring (bicyclic) bond motifs is 1. The second-order valence-electron chi connectivity index (χ2n) is 5.11. The van der Waals surface area contributed by atoms with Crippen molar-refractivity contribution >= 4 is 16.9 Å². The molecule has 2 aromatic heterocycles. The lowest BCUT2D eigenvalue weighted by Crippen LogP contribution is -2.27. The molecule has 0 unspecified atom stereocenters. The molecule has 0 spiro atoms.